The van der Waals surface area contributed by atoms with Crippen molar-refractivity contribution in [2.24, 2.45) is 0 Å². The molecule has 0 saturated carbocycles. The molecular weight excluding hydrogens is 270 g/mol. The minimum atomic E-state index is -0.419. The molecule has 110 valence electrons. The monoisotopic (exact) mass is 287 g/mol. The van der Waals surface area contributed by atoms with Crippen LogP contribution in [0.5, 0.6) is 0 Å². The van der Waals surface area contributed by atoms with Crippen LogP contribution >= 0.6 is 0 Å². The SMILES string of the molecule is CCc1[nH]nc(C(=O)Nc2cccc(C(=O)NC)c2)c1N. The largest absolute Gasteiger partial charge is 0.395 e. The Labute approximate surface area is 121 Å². The summed E-state index contributed by atoms with van der Waals surface area (Å²) in [7, 11) is 1.55. The number of hydrogen-bond acceptors (Lipinski definition) is 4. The molecule has 1 aromatic heterocycles. The van der Waals surface area contributed by atoms with Crippen molar-refractivity contribution in [1.82, 2.24) is 15.5 Å². The number of nitrogens with one attached hydrogen (secondary N) is 3. The Balaban J connectivity index is 2.19. The molecule has 7 heteroatoms. The van der Waals surface area contributed by atoms with E-state index in [0.717, 1.165) is 5.69 Å². The highest BCUT2D eigenvalue weighted by molar-refractivity contribution is 6.07. The first-order valence-electron chi connectivity index (χ1n) is 6.53. The molecule has 2 rings (SSSR count). The molecule has 1 heterocycles. The number of nitrogens with two attached hydrogens (primary N) is 1. The van der Waals surface area contributed by atoms with Crippen molar-refractivity contribution in [3.8, 4) is 0 Å². The summed E-state index contributed by atoms with van der Waals surface area (Å²) < 4.78 is 0. The molecule has 0 aliphatic heterocycles. The average Bonchev–Trinajstić information content (AvgIpc) is 2.87. The Hall–Kier alpha value is -2.83. The second kappa shape index (κ2) is 6.08. The van der Waals surface area contributed by atoms with Gasteiger partial charge in [0.25, 0.3) is 11.8 Å². The lowest BCUT2D eigenvalue weighted by atomic mass is 10.2. The quantitative estimate of drug-likeness (QED) is 0.676. The molecule has 1 aromatic carbocycles. The van der Waals surface area contributed by atoms with Gasteiger partial charge >= 0.3 is 0 Å². The lowest BCUT2D eigenvalue weighted by molar-refractivity contribution is 0.0961. The lowest BCUT2D eigenvalue weighted by Crippen LogP contribution is -2.18. The number of amides is 2. The van der Waals surface area contributed by atoms with E-state index in [1.807, 2.05) is 6.92 Å². The average molecular weight is 287 g/mol. The number of anilines is 2. The number of aromatic amines is 1. The number of carbonyl (C=O) groups is 2. The fraction of sp³-hybridized carbons (Fsp3) is 0.214. The van der Waals surface area contributed by atoms with E-state index in [-0.39, 0.29) is 11.6 Å². The van der Waals surface area contributed by atoms with Crippen LogP contribution in [-0.2, 0) is 6.42 Å². The van der Waals surface area contributed by atoms with Gasteiger partial charge in [-0.2, -0.15) is 5.10 Å². The Morgan fingerprint density at radius 1 is 1.33 bits per heavy atom. The van der Waals surface area contributed by atoms with Gasteiger partial charge in [-0.15, -0.1) is 0 Å². The highest BCUT2D eigenvalue weighted by Gasteiger charge is 2.16. The zero-order chi connectivity index (χ0) is 15.4. The highest BCUT2D eigenvalue weighted by atomic mass is 16.2. The van der Waals surface area contributed by atoms with Crippen LogP contribution in [0.1, 0.15) is 33.5 Å². The summed E-state index contributed by atoms with van der Waals surface area (Å²) in [4.78, 5) is 23.7. The van der Waals surface area contributed by atoms with Crippen LogP contribution in [0, 0.1) is 0 Å². The van der Waals surface area contributed by atoms with Crippen LogP contribution in [0.15, 0.2) is 24.3 Å². The molecule has 0 aliphatic rings. The van der Waals surface area contributed by atoms with Crippen LogP contribution in [0.2, 0.25) is 0 Å². The fourth-order valence-electron chi connectivity index (χ4n) is 1.90. The normalized spacial score (nSPS) is 10.2. The molecule has 0 fully saturated rings. The van der Waals surface area contributed by atoms with E-state index in [4.69, 9.17) is 5.73 Å². The summed E-state index contributed by atoms with van der Waals surface area (Å²) >= 11 is 0. The van der Waals surface area contributed by atoms with E-state index in [0.29, 0.717) is 23.4 Å². The predicted molar refractivity (Wildman–Crippen MR) is 80.2 cm³/mol. The van der Waals surface area contributed by atoms with Crippen molar-refractivity contribution >= 4 is 23.2 Å². The van der Waals surface area contributed by atoms with Crippen LogP contribution in [-0.4, -0.2) is 29.1 Å². The van der Waals surface area contributed by atoms with Gasteiger partial charge in [-0.05, 0) is 24.6 Å². The molecule has 0 radical (unpaired) electrons. The van der Waals surface area contributed by atoms with E-state index >= 15 is 0 Å². The van der Waals surface area contributed by atoms with Gasteiger partial charge in [-0.25, -0.2) is 0 Å². The number of benzene rings is 1. The minimum Gasteiger partial charge on any atom is -0.395 e. The van der Waals surface area contributed by atoms with E-state index in [1.165, 1.54) is 0 Å². The first-order valence-corrected chi connectivity index (χ1v) is 6.53. The second-order valence-electron chi connectivity index (χ2n) is 4.43. The summed E-state index contributed by atoms with van der Waals surface area (Å²) in [6, 6.07) is 6.62. The Kier molecular flexibility index (Phi) is 4.22. The van der Waals surface area contributed by atoms with Gasteiger partial charge in [-0.3, -0.25) is 14.7 Å². The maximum atomic E-state index is 12.1. The summed E-state index contributed by atoms with van der Waals surface area (Å²) in [5, 5.41) is 11.8. The maximum Gasteiger partial charge on any atom is 0.278 e. The third-order valence-electron chi connectivity index (χ3n) is 3.06. The molecule has 2 amide bonds. The molecule has 7 nitrogen and oxygen atoms in total. The molecule has 21 heavy (non-hydrogen) atoms. The molecule has 0 aliphatic carbocycles. The third kappa shape index (κ3) is 3.02. The number of H-pyrrole nitrogens is 1. The first kappa shape index (κ1) is 14.6. The number of aromatic nitrogens is 2. The summed E-state index contributed by atoms with van der Waals surface area (Å²) in [6.07, 6.45) is 0.665. The van der Waals surface area contributed by atoms with E-state index in [1.54, 1.807) is 31.3 Å². The molecule has 0 unspecified atom stereocenters. The van der Waals surface area contributed by atoms with Crippen LogP contribution in [0.4, 0.5) is 11.4 Å². The number of rotatable bonds is 4. The molecule has 0 bridgehead atoms. The van der Waals surface area contributed by atoms with Crippen molar-refractivity contribution in [3.05, 3.63) is 41.2 Å². The van der Waals surface area contributed by atoms with Crippen molar-refractivity contribution in [3.63, 3.8) is 0 Å². The van der Waals surface area contributed by atoms with Crippen LogP contribution in [0.3, 0.4) is 0 Å². The second-order valence-corrected chi connectivity index (χ2v) is 4.43. The molecule has 2 aromatic rings. The molecular formula is C14H17N5O2. The van der Waals surface area contributed by atoms with Gasteiger partial charge < -0.3 is 16.4 Å². The van der Waals surface area contributed by atoms with Gasteiger partial charge in [0.05, 0.1) is 11.4 Å². The van der Waals surface area contributed by atoms with E-state index in [2.05, 4.69) is 20.8 Å². The summed E-state index contributed by atoms with van der Waals surface area (Å²) in [5.74, 6) is -0.642. The number of hydrogen-bond donors (Lipinski definition) is 4. The zero-order valence-electron chi connectivity index (χ0n) is 11.9. The van der Waals surface area contributed by atoms with E-state index in [9.17, 15) is 9.59 Å². The van der Waals surface area contributed by atoms with E-state index < -0.39 is 5.91 Å². The Morgan fingerprint density at radius 2 is 2.10 bits per heavy atom. The summed E-state index contributed by atoms with van der Waals surface area (Å²) in [5.41, 5.74) is 8.03. The molecule has 0 saturated heterocycles. The topological polar surface area (TPSA) is 113 Å². The van der Waals surface area contributed by atoms with Crippen LogP contribution in [0.25, 0.3) is 0 Å². The maximum absolute atomic E-state index is 12.1. The lowest BCUT2D eigenvalue weighted by Gasteiger charge is -2.06. The standard InChI is InChI=1S/C14H17N5O2/c1-3-10-11(15)12(19-18-10)14(21)17-9-6-4-5-8(7-9)13(20)16-2/h4-7H,3,15H2,1-2H3,(H,16,20)(H,17,21)(H,18,19). The van der Waals surface area contributed by atoms with Crippen molar-refractivity contribution < 1.29 is 9.59 Å². The number of carbonyl (C=O) groups excluding carboxylic acids is 2. The number of nitrogen functional groups attached to an aromatic ring is 1. The Morgan fingerprint density at radius 3 is 2.71 bits per heavy atom. The van der Waals surface area contributed by atoms with Crippen molar-refractivity contribution in [1.29, 1.82) is 0 Å². The van der Waals surface area contributed by atoms with Gasteiger partial charge in [0.1, 0.15) is 0 Å². The zero-order valence-corrected chi connectivity index (χ0v) is 11.9. The fourth-order valence-corrected chi connectivity index (χ4v) is 1.90. The molecule has 0 spiro atoms. The van der Waals surface area contributed by atoms with Gasteiger partial charge in [-0.1, -0.05) is 13.0 Å². The molecule has 5 N–H and O–H groups in total. The first-order chi connectivity index (χ1) is 10.1. The van der Waals surface area contributed by atoms with Crippen molar-refractivity contribution in [2.75, 3.05) is 18.1 Å². The van der Waals surface area contributed by atoms with Crippen LogP contribution < -0.4 is 16.4 Å². The number of aryl methyl sites for hydroxylation is 1. The van der Waals surface area contributed by atoms with Gasteiger partial charge in [0.15, 0.2) is 5.69 Å². The minimum absolute atomic E-state index is 0.150. The smallest absolute Gasteiger partial charge is 0.278 e. The summed E-state index contributed by atoms with van der Waals surface area (Å²) in [6.45, 7) is 1.92. The van der Waals surface area contributed by atoms with Crippen molar-refractivity contribution in [2.45, 2.75) is 13.3 Å². The third-order valence-corrected chi connectivity index (χ3v) is 3.06. The highest BCUT2D eigenvalue weighted by Crippen LogP contribution is 2.17. The molecule has 0 atom stereocenters. The van der Waals surface area contributed by atoms with Gasteiger partial charge in [0.2, 0.25) is 0 Å². The Bertz CT molecular complexity index is 678. The predicted octanol–water partition coefficient (Wildman–Crippen LogP) is 1.17. The van der Waals surface area contributed by atoms with Gasteiger partial charge in [0, 0.05) is 18.3 Å². The number of nitrogens with zero attached hydrogens (tertiary/aromatic N) is 1.